The second kappa shape index (κ2) is 4.38. The largest absolute Gasteiger partial charge is 0.505 e. The van der Waals surface area contributed by atoms with Crippen LogP contribution in [-0.2, 0) is 9.47 Å². The Morgan fingerprint density at radius 3 is 2.00 bits per heavy atom. The highest BCUT2D eigenvalue weighted by molar-refractivity contribution is 5.30. The van der Waals surface area contributed by atoms with Crippen LogP contribution in [0.5, 0.6) is 0 Å². The van der Waals surface area contributed by atoms with Crippen molar-refractivity contribution >= 4 is 6.72 Å². The number of aliphatic hydroxyl groups excluding tert-OH is 1. The molecule has 4 nitrogen and oxygen atoms in total. The molecular formula is C7H11NO3. The Morgan fingerprint density at radius 1 is 1.36 bits per heavy atom. The first-order valence-electron chi connectivity index (χ1n) is 2.84. The van der Waals surface area contributed by atoms with E-state index in [1.807, 2.05) is 0 Å². The number of hydrogen-bond donors (Lipinski definition) is 1. The average molecular weight is 157 g/mol. The van der Waals surface area contributed by atoms with Crippen LogP contribution in [0.25, 0.3) is 0 Å². The molecule has 0 aromatic carbocycles. The molecule has 0 bridgehead atoms. The van der Waals surface area contributed by atoms with Crippen molar-refractivity contribution in [3.8, 4) is 0 Å². The van der Waals surface area contributed by atoms with Gasteiger partial charge in [-0.05, 0) is 6.72 Å². The minimum Gasteiger partial charge on any atom is -0.505 e. The molecule has 0 saturated carbocycles. The van der Waals surface area contributed by atoms with E-state index in [1.165, 1.54) is 14.2 Å². The second-order valence-corrected chi connectivity index (χ2v) is 1.65. The molecule has 0 rings (SSSR count). The van der Waals surface area contributed by atoms with Crippen LogP contribution in [0.4, 0.5) is 0 Å². The molecule has 0 aliphatic rings. The SMILES string of the molecule is C=N/C(OC)=C(/OC)C(=C)O. The van der Waals surface area contributed by atoms with E-state index >= 15 is 0 Å². The van der Waals surface area contributed by atoms with Crippen molar-refractivity contribution in [2.45, 2.75) is 0 Å². The van der Waals surface area contributed by atoms with E-state index in [9.17, 15) is 0 Å². The van der Waals surface area contributed by atoms with Gasteiger partial charge in [-0.1, -0.05) is 6.58 Å². The standard InChI is InChI=1S/C7H11NO3/c1-5(9)6(10-3)7(8-2)11-4/h9H,1-2H2,3-4H3/b7-6-. The maximum atomic E-state index is 8.90. The number of rotatable bonds is 4. The summed E-state index contributed by atoms with van der Waals surface area (Å²) in [5, 5.41) is 8.90. The van der Waals surface area contributed by atoms with Gasteiger partial charge in [0.05, 0.1) is 14.2 Å². The fourth-order valence-electron chi connectivity index (χ4n) is 0.558. The smallest absolute Gasteiger partial charge is 0.260 e. The number of ether oxygens (including phenoxy) is 2. The molecular weight excluding hydrogens is 146 g/mol. The van der Waals surface area contributed by atoms with Crippen LogP contribution < -0.4 is 0 Å². The Bertz CT molecular complexity index is 196. The van der Waals surface area contributed by atoms with Crippen molar-refractivity contribution in [2.24, 2.45) is 4.99 Å². The monoisotopic (exact) mass is 157 g/mol. The number of methoxy groups -OCH3 is 2. The molecule has 0 fully saturated rings. The van der Waals surface area contributed by atoms with Crippen molar-refractivity contribution in [3.05, 3.63) is 24.0 Å². The highest BCUT2D eigenvalue weighted by Gasteiger charge is 2.08. The van der Waals surface area contributed by atoms with Crippen molar-refractivity contribution in [3.63, 3.8) is 0 Å². The molecule has 11 heavy (non-hydrogen) atoms. The lowest BCUT2D eigenvalue weighted by atomic mass is 10.4. The van der Waals surface area contributed by atoms with Gasteiger partial charge in [-0.2, -0.15) is 0 Å². The zero-order valence-electron chi connectivity index (χ0n) is 6.63. The quantitative estimate of drug-likeness (QED) is 0.379. The summed E-state index contributed by atoms with van der Waals surface area (Å²) in [6.07, 6.45) is 0. The fourth-order valence-corrected chi connectivity index (χ4v) is 0.558. The van der Waals surface area contributed by atoms with E-state index in [1.54, 1.807) is 0 Å². The van der Waals surface area contributed by atoms with Gasteiger partial charge in [-0.25, -0.2) is 4.99 Å². The third kappa shape index (κ3) is 2.33. The van der Waals surface area contributed by atoms with E-state index in [0.29, 0.717) is 0 Å². The van der Waals surface area contributed by atoms with Crippen LogP contribution in [0.2, 0.25) is 0 Å². The number of hydrogen-bond acceptors (Lipinski definition) is 4. The summed E-state index contributed by atoms with van der Waals surface area (Å²) in [6, 6.07) is 0. The van der Waals surface area contributed by atoms with E-state index < -0.39 is 0 Å². The number of aliphatic imine (C=N–C) groups is 1. The minimum absolute atomic E-state index is 0.0856. The highest BCUT2D eigenvalue weighted by atomic mass is 16.5. The van der Waals surface area contributed by atoms with E-state index in [2.05, 4.69) is 18.3 Å². The van der Waals surface area contributed by atoms with E-state index in [0.717, 1.165) is 0 Å². The third-order valence-corrected chi connectivity index (χ3v) is 0.997. The van der Waals surface area contributed by atoms with E-state index in [-0.39, 0.29) is 17.4 Å². The van der Waals surface area contributed by atoms with E-state index in [4.69, 9.17) is 14.6 Å². The van der Waals surface area contributed by atoms with Gasteiger partial charge in [0.25, 0.3) is 5.88 Å². The fraction of sp³-hybridized carbons (Fsp3) is 0.286. The van der Waals surface area contributed by atoms with Crippen LogP contribution in [0.15, 0.2) is 29.0 Å². The molecule has 0 unspecified atom stereocenters. The molecule has 0 aliphatic carbocycles. The summed E-state index contributed by atoms with van der Waals surface area (Å²) in [6.45, 7) is 6.47. The van der Waals surface area contributed by atoms with Gasteiger partial charge in [0.15, 0.2) is 5.76 Å². The lowest BCUT2D eigenvalue weighted by Crippen LogP contribution is -1.97. The summed E-state index contributed by atoms with van der Waals surface area (Å²) < 4.78 is 9.45. The molecule has 0 heterocycles. The molecule has 0 saturated heterocycles. The van der Waals surface area contributed by atoms with Crippen molar-refractivity contribution in [1.29, 1.82) is 0 Å². The van der Waals surface area contributed by atoms with Crippen LogP contribution in [0.1, 0.15) is 0 Å². The maximum Gasteiger partial charge on any atom is 0.260 e. The molecule has 0 radical (unpaired) electrons. The normalized spacial score (nSPS) is 11.5. The van der Waals surface area contributed by atoms with Gasteiger partial charge < -0.3 is 14.6 Å². The molecule has 62 valence electrons. The topological polar surface area (TPSA) is 51.0 Å². The number of nitrogens with zero attached hydrogens (tertiary/aromatic N) is 1. The summed E-state index contributed by atoms with van der Waals surface area (Å²) >= 11 is 0. The second-order valence-electron chi connectivity index (χ2n) is 1.65. The molecule has 0 aromatic heterocycles. The molecule has 0 atom stereocenters. The first-order valence-corrected chi connectivity index (χ1v) is 2.84. The first kappa shape index (κ1) is 9.55. The maximum absolute atomic E-state index is 8.90. The van der Waals surface area contributed by atoms with Gasteiger partial charge in [0.2, 0.25) is 5.76 Å². The van der Waals surface area contributed by atoms with Crippen LogP contribution in [0, 0.1) is 0 Å². The summed E-state index contributed by atoms with van der Waals surface area (Å²) in [7, 11) is 2.77. The van der Waals surface area contributed by atoms with Crippen LogP contribution in [-0.4, -0.2) is 26.0 Å². The van der Waals surface area contributed by atoms with Crippen LogP contribution in [0.3, 0.4) is 0 Å². The lowest BCUT2D eigenvalue weighted by Gasteiger charge is -2.06. The lowest BCUT2D eigenvalue weighted by molar-refractivity contribution is 0.203. The molecule has 0 spiro atoms. The van der Waals surface area contributed by atoms with Crippen molar-refractivity contribution in [2.75, 3.05) is 14.2 Å². The third-order valence-electron chi connectivity index (χ3n) is 0.997. The minimum atomic E-state index is -0.239. The molecule has 0 amide bonds. The highest BCUT2D eigenvalue weighted by Crippen LogP contribution is 2.12. The molecule has 1 N–H and O–H groups in total. The molecule has 0 aliphatic heterocycles. The Balaban J connectivity index is 4.76. The van der Waals surface area contributed by atoms with Gasteiger partial charge >= 0.3 is 0 Å². The predicted octanol–water partition coefficient (Wildman–Crippen LogP) is 1.22. The Morgan fingerprint density at radius 2 is 1.91 bits per heavy atom. The zero-order chi connectivity index (χ0) is 8.85. The summed E-state index contributed by atoms with van der Waals surface area (Å²) in [5.41, 5.74) is 0. The van der Waals surface area contributed by atoms with Gasteiger partial charge in [0, 0.05) is 0 Å². The van der Waals surface area contributed by atoms with Crippen molar-refractivity contribution < 1.29 is 14.6 Å². The Hall–Kier alpha value is -1.45. The van der Waals surface area contributed by atoms with Gasteiger partial charge in [0.1, 0.15) is 0 Å². The van der Waals surface area contributed by atoms with Gasteiger partial charge in [-0.15, -0.1) is 0 Å². The molecule has 4 heteroatoms. The Labute approximate surface area is 65.5 Å². The molecule has 0 aromatic rings. The van der Waals surface area contributed by atoms with Crippen LogP contribution >= 0.6 is 0 Å². The Kier molecular flexibility index (Phi) is 3.80. The summed E-state index contributed by atoms with van der Waals surface area (Å²) in [5.74, 6) is -0.0424. The average Bonchev–Trinajstić information content (AvgIpc) is 1.99. The van der Waals surface area contributed by atoms with Gasteiger partial charge in [-0.3, -0.25) is 0 Å². The summed E-state index contributed by atoms with van der Waals surface area (Å²) in [4.78, 5) is 3.46. The number of aliphatic hydroxyl groups is 1. The zero-order valence-corrected chi connectivity index (χ0v) is 6.63. The predicted molar refractivity (Wildman–Crippen MR) is 42.4 cm³/mol. The van der Waals surface area contributed by atoms with Crippen molar-refractivity contribution in [1.82, 2.24) is 0 Å². The first-order chi connectivity index (χ1) is 5.17.